The molecule has 1 aliphatic rings. The molecule has 2 rings (SSSR count). The van der Waals surface area contributed by atoms with Gasteiger partial charge in [-0.2, -0.15) is 5.26 Å². The Hall–Kier alpha value is -1.55. The molecule has 1 fully saturated rings. The van der Waals surface area contributed by atoms with E-state index in [1.807, 2.05) is 18.2 Å². The van der Waals surface area contributed by atoms with Crippen LogP contribution in [0.2, 0.25) is 0 Å². The van der Waals surface area contributed by atoms with Gasteiger partial charge in [-0.05, 0) is 54.7 Å². The van der Waals surface area contributed by atoms with Gasteiger partial charge in [-0.3, -0.25) is 0 Å². The van der Waals surface area contributed by atoms with Gasteiger partial charge in [0.2, 0.25) is 0 Å². The number of benzene rings is 1. The third kappa shape index (κ3) is 3.47. The van der Waals surface area contributed by atoms with E-state index in [0.29, 0.717) is 5.92 Å². The van der Waals surface area contributed by atoms with Gasteiger partial charge in [0.1, 0.15) is 0 Å². The molecule has 1 unspecified atom stereocenters. The SMILES string of the molecule is C=CCC(c1ccc(C#N)cc1)C1CCC(C)CC1. The average molecular weight is 253 g/mol. The van der Waals surface area contributed by atoms with Crippen molar-refractivity contribution in [3.8, 4) is 6.07 Å². The molecule has 1 heteroatoms. The van der Waals surface area contributed by atoms with Crippen molar-refractivity contribution in [2.45, 2.75) is 44.9 Å². The normalized spacial score (nSPS) is 24.4. The number of nitriles is 1. The van der Waals surface area contributed by atoms with E-state index < -0.39 is 0 Å². The van der Waals surface area contributed by atoms with Crippen LogP contribution in [-0.4, -0.2) is 0 Å². The molecule has 1 atom stereocenters. The monoisotopic (exact) mass is 253 g/mol. The van der Waals surface area contributed by atoms with Gasteiger partial charge in [-0.1, -0.05) is 38.0 Å². The molecule has 0 aliphatic heterocycles. The van der Waals surface area contributed by atoms with Crippen molar-refractivity contribution in [3.63, 3.8) is 0 Å². The molecule has 0 N–H and O–H groups in total. The summed E-state index contributed by atoms with van der Waals surface area (Å²) in [6.45, 7) is 6.28. The van der Waals surface area contributed by atoms with E-state index in [-0.39, 0.29) is 0 Å². The fraction of sp³-hybridized carbons (Fsp3) is 0.500. The zero-order valence-electron chi connectivity index (χ0n) is 11.8. The van der Waals surface area contributed by atoms with Crippen molar-refractivity contribution < 1.29 is 0 Å². The molecule has 0 radical (unpaired) electrons. The summed E-state index contributed by atoms with van der Waals surface area (Å²) in [5, 5.41) is 8.88. The molecule has 0 amide bonds. The smallest absolute Gasteiger partial charge is 0.0991 e. The van der Waals surface area contributed by atoms with Gasteiger partial charge in [0.05, 0.1) is 11.6 Å². The first-order chi connectivity index (χ1) is 9.24. The quantitative estimate of drug-likeness (QED) is 0.689. The van der Waals surface area contributed by atoms with E-state index in [2.05, 4.69) is 31.7 Å². The molecular formula is C18H23N. The summed E-state index contributed by atoms with van der Waals surface area (Å²) in [6, 6.07) is 10.3. The van der Waals surface area contributed by atoms with E-state index in [9.17, 15) is 0 Å². The van der Waals surface area contributed by atoms with Crippen LogP contribution < -0.4 is 0 Å². The van der Waals surface area contributed by atoms with Crippen molar-refractivity contribution >= 4 is 0 Å². The van der Waals surface area contributed by atoms with Gasteiger partial charge >= 0.3 is 0 Å². The third-order valence-corrected chi connectivity index (χ3v) is 4.52. The fourth-order valence-electron chi connectivity index (χ4n) is 3.27. The van der Waals surface area contributed by atoms with E-state index in [1.54, 1.807) is 0 Å². The molecule has 1 nitrogen and oxygen atoms in total. The van der Waals surface area contributed by atoms with Gasteiger partial charge in [-0.25, -0.2) is 0 Å². The Balaban J connectivity index is 2.14. The van der Waals surface area contributed by atoms with Gasteiger partial charge in [0.25, 0.3) is 0 Å². The summed E-state index contributed by atoms with van der Waals surface area (Å²) >= 11 is 0. The molecule has 100 valence electrons. The minimum atomic E-state index is 0.581. The molecule has 1 aromatic carbocycles. The van der Waals surface area contributed by atoms with E-state index in [4.69, 9.17) is 5.26 Å². The Bertz CT molecular complexity index is 444. The highest BCUT2D eigenvalue weighted by Gasteiger charge is 2.26. The molecule has 0 bridgehead atoms. The van der Waals surface area contributed by atoms with Crippen LogP contribution in [0.4, 0.5) is 0 Å². The van der Waals surface area contributed by atoms with E-state index in [0.717, 1.165) is 23.8 Å². The molecule has 1 aromatic rings. The highest BCUT2D eigenvalue weighted by atomic mass is 14.3. The first-order valence-corrected chi connectivity index (χ1v) is 7.35. The molecule has 1 aliphatic carbocycles. The lowest BCUT2D eigenvalue weighted by Gasteiger charge is -2.32. The highest BCUT2D eigenvalue weighted by molar-refractivity contribution is 5.33. The lowest BCUT2D eigenvalue weighted by atomic mass is 9.73. The zero-order valence-corrected chi connectivity index (χ0v) is 11.8. The van der Waals surface area contributed by atoms with Gasteiger partial charge in [0, 0.05) is 0 Å². The van der Waals surface area contributed by atoms with Gasteiger partial charge < -0.3 is 0 Å². The fourth-order valence-corrected chi connectivity index (χ4v) is 3.27. The minimum absolute atomic E-state index is 0.581. The summed E-state index contributed by atoms with van der Waals surface area (Å²) < 4.78 is 0. The Morgan fingerprint density at radius 3 is 2.42 bits per heavy atom. The molecule has 0 aromatic heterocycles. The lowest BCUT2D eigenvalue weighted by Crippen LogP contribution is -2.19. The number of hydrogen-bond donors (Lipinski definition) is 0. The summed E-state index contributed by atoms with van der Waals surface area (Å²) in [5.74, 6) is 2.25. The first-order valence-electron chi connectivity index (χ1n) is 7.35. The number of rotatable bonds is 4. The van der Waals surface area contributed by atoms with Crippen LogP contribution in [0, 0.1) is 23.2 Å². The summed E-state index contributed by atoms with van der Waals surface area (Å²) in [5.41, 5.74) is 2.12. The molecule has 19 heavy (non-hydrogen) atoms. The molecule has 0 spiro atoms. The second kappa shape index (κ2) is 6.57. The Morgan fingerprint density at radius 2 is 1.89 bits per heavy atom. The van der Waals surface area contributed by atoms with Crippen LogP contribution in [0.25, 0.3) is 0 Å². The van der Waals surface area contributed by atoms with Crippen LogP contribution >= 0.6 is 0 Å². The highest BCUT2D eigenvalue weighted by Crippen LogP contribution is 2.40. The number of allylic oxidation sites excluding steroid dienone is 1. The second-order valence-electron chi connectivity index (χ2n) is 5.88. The van der Waals surface area contributed by atoms with Crippen LogP contribution in [0.3, 0.4) is 0 Å². The Kier molecular flexibility index (Phi) is 4.80. The van der Waals surface area contributed by atoms with Crippen molar-refractivity contribution in [3.05, 3.63) is 48.0 Å². The maximum absolute atomic E-state index is 8.88. The van der Waals surface area contributed by atoms with Crippen molar-refractivity contribution in [1.29, 1.82) is 5.26 Å². The zero-order chi connectivity index (χ0) is 13.7. The van der Waals surface area contributed by atoms with Crippen LogP contribution in [0.1, 0.15) is 56.1 Å². The van der Waals surface area contributed by atoms with Crippen LogP contribution in [-0.2, 0) is 0 Å². The van der Waals surface area contributed by atoms with Crippen molar-refractivity contribution in [2.75, 3.05) is 0 Å². The predicted octanol–water partition coefficient (Wildman–Crippen LogP) is 5.04. The predicted molar refractivity (Wildman–Crippen MR) is 79.8 cm³/mol. The van der Waals surface area contributed by atoms with Crippen molar-refractivity contribution in [1.82, 2.24) is 0 Å². The molecule has 0 saturated heterocycles. The minimum Gasteiger partial charge on any atom is -0.192 e. The summed E-state index contributed by atoms with van der Waals surface area (Å²) in [7, 11) is 0. The second-order valence-corrected chi connectivity index (χ2v) is 5.88. The maximum Gasteiger partial charge on any atom is 0.0991 e. The third-order valence-electron chi connectivity index (χ3n) is 4.52. The standard InChI is InChI=1S/C18H23N/c1-3-4-18(16-9-5-14(2)6-10-16)17-11-7-15(13-19)8-12-17/h3,7-8,11-12,14,16,18H,1,4-6,9-10H2,2H3. The first kappa shape index (κ1) is 13.9. The Labute approximate surface area is 117 Å². The van der Waals surface area contributed by atoms with Crippen LogP contribution in [0.15, 0.2) is 36.9 Å². The van der Waals surface area contributed by atoms with E-state index >= 15 is 0 Å². The molecular weight excluding hydrogens is 230 g/mol. The topological polar surface area (TPSA) is 23.8 Å². The largest absolute Gasteiger partial charge is 0.192 e. The molecule has 0 heterocycles. The van der Waals surface area contributed by atoms with Gasteiger partial charge in [0.15, 0.2) is 0 Å². The van der Waals surface area contributed by atoms with Crippen molar-refractivity contribution in [2.24, 2.45) is 11.8 Å². The molecule has 1 saturated carbocycles. The summed E-state index contributed by atoms with van der Waals surface area (Å²) in [4.78, 5) is 0. The average Bonchev–Trinajstić information content (AvgIpc) is 2.46. The number of hydrogen-bond acceptors (Lipinski definition) is 1. The Morgan fingerprint density at radius 1 is 1.26 bits per heavy atom. The number of nitrogens with zero attached hydrogens (tertiary/aromatic N) is 1. The van der Waals surface area contributed by atoms with Crippen LogP contribution in [0.5, 0.6) is 0 Å². The lowest BCUT2D eigenvalue weighted by molar-refractivity contribution is 0.254. The summed E-state index contributed by atoms with van der Waals surface area (Å²) in [6.07, 6.45) is 8.47. The maximum atomic E-state index is 8.88. The van der Waals surface area contributed by atoms with E-state index in [1.165, 1.54) is 31.2 Å². The van der Waals surface area contributed by atoms with Gasteiger partial charge in [-0.15, -0.1) is 6.58 Å².